The van der Waals surface area contributed by atoms with E-state index in [0.717, 1.165) is 19.4 Å². The molecule has 1 aliphatic heterocycles. The van der Waals surface area contributed by atoms with Gasteiger partial charge in [-0.3, -0.25) is 4.90 Å². The molecule has 3 unspecified atom stereocenters. The molecule has 0 radical (unpaired) electrons. The van der Waals surface area contributed by atoms with Crippen LogP contribution in [0.2, 0.25) is 0 Å². The van der Waals surface area contributed by atoms with Crippen LogP contribution in [0.15, 0.2) is 0 Å². The van der Waals surface area contributed by atoms with E-state index < -0.39 is 0 Å². The molecule has 1 heterocycles. The van der Waals surface area contributed by atoms with Gasteiger partial charge >= 0.3 is 0 Å². The molecule has 0 amide bonds. The van der Waals surface area contributed by atoms with Gasteiger partial charge in [0.25, 0.3) is 0 Å². The summed E-state index contributed by atoms with van der Waals surface area (Å²) < 4.78 is 0. The molecule has 3 heteroatoms. The molecule has 2 aliphatic rings. The Labute approximate surface area is 106 Å². The summed E-state index contributed by atoms with van der Waals surface area (Å²) in [6.45, 7) is 5.86. The Morgan fingerprint density at radius 2 is 1.82 bits per heavy atom. The van der Waals surface area contributed by atoms with E-state index in [2.05, 4.69) is 17.1 Å². The highest BCUT2D eigenvalue weighted by Gasteiger charge is 2.24. The number of rotatable bonds is 4. The second-order valence-electron chi connectivity index (χ2n) is 5.81. The summed E-state index contributed by atoms with van der Waals surface area (Å²) >= 11 is 0. The van der Waals surface area contributed by atoms with Crippen LogP contribution in [0.1, 0.15) is 51.9 Å². The Morgan fingerprint density at radius 1 is 1.12 bits per heavy atom. The van der Waals surface area contributed by atoms with E-state index in [-0.39, 0.29) is 6.10 Å². The van der Waals surface area contributed by atoms with Crippen molar-refractivity contribution in [2.45, 2.75) is 70.1 Å². The van der Waals surface area contributed by atoms with Crippen molar-refractivity contribution in [2.75, 3.05) is 19.6 Å². The zero-order valence-corrected chi connectivity index (χ0v) is 11.2. The van der Waals surface area contributed by atoms with Crippen LogP contribution in [0.3, 0.4) is 0 Å². The topological polar surface area (TPSA) is 35.5 Å². The maximum absolute atomic E-state index is 9.92. The lowest BCUT2D eigenvalue weighted by molar-refractivity contribution is 0.0835. The minimum absolute atomic E-state index is 0.114. The SMILES string of the molecule is CC(CNC1CCCCC1O)N1CCCCC1. The van der Waals surface area contributed by atoms with Crippen molar-refractivity contribution in [3.63, 3.8) is 0 Å². The summed E-state index contributed by atoms with van der Waals surface area (Å²) in [5.41, 5.74) is 0. The van der Waals surface area contributed by atoms with Gasteiger partial charge in [0.1, 0.15) is 0 Å². The number of piperidine rings is 1. The van der Waals surface area contributed by atoms with E-state index in [1.54, 1.807) is 0 Å². The van der Waals surface area contributed by atoms with E-state index in [9.17, 15) is 5.11 Å². The molecule has 2 rings (SSSR count). The lowest BCUT2D eigenvalue weighted by Gasteiger charge is -2.35. The third-order valence-corrected chi connectivity index (χ3v) is 4.42. The molecule has 0 bridgehead atoms. The lowest BCUT2D eigenvalue weighted by atomic mass is 9.92. The number of nitrogens with zero attached hydrogens (tertiary/aromatic N) is 1. The molecule has 0 spiro atoms. The molecule has 0 aromatic rings. The van der Waals surface area contributed by atoms with Crippen molar-refractivity contribution in [3.8, 4) is 0 Å². The van der Waals surface area contributed by atoms with E-state index in [1.807, 2.05) is 0 Å². The van der Waals surface area contributed by atoms with Gasteiger partial charge in [0.05, 0.1) is 6.10 Å². The molecule has 2 fully saturated rings. The monoisotopic (exact) mass is 240 g/mol. The Balaban J connectivity index is 1.69. The zero-order chi connectivity index (χ0) is 12.1. The van der Waals surface area contributed by atoms with Crippen LogP contribution < -0.4 is 5.32 Å². The van der Waals surface area contributed by atoms with Crippen LogP contribution in [0.4, 0.5) is 0 Å². The molecular weight excluding hydrogens is 212 g/mol. The van der Waals surface area contributed by atoms with Crippen LogP contribution in [0, 0.1) is 0 Å². The molecule has 0 aromatic heterocycles. The van der Waals surface area contributed by atoms with E-state index in [1.165, 1.54) is 45.2 Å². The molecule has 3 atom stereocenters. The van der Waals surface area contributed by atoms with Gasteiger partial charge in [0, 0.05) is 18.6 Å². The predicted octanol–water partition coefficient (Wildman–Crippen LogP) is 1.75. The van der Waals surface area contributed by atoms with Crippen LogP contribution in [0.25, 0.3) is 0 Å². The van der Waals surface area contributed by atoms with Crippen LogP contribution >= 0.6 is 0 Å². The number of aliphatic hydroxyl groups excluding tert-OH is 1. The van der Waals surface area contributed by atoms with Gasteiger partial charge in [-0.15, -0.1) is 0 Å². The maximum atomic E-state index is 9.92. The lowest BCUT2D eigenvalue weighted by Crippen LogP contribution is -2.49. The number of likely N-dealkylation sites (tertiary alicyclic amines) is 1. The normalized spacial score (nSPS) is 33.5. The van der Waals surface area contributed by atoms with Gasteiger partial charge in [-0.1, -0.05) is 19.3 Å². The number of hydrogen-bond donors (Lipinski definition) is 2. The van der Waals surface area contributed by atoms with Crippen molar-refractivity contribution in [2.24, 2.45) is 0 Å². The van der Waals surface area contributed by atoms with Gasteiger partial charge in [-0.2, -0.15) is 0 Å². The molecule has 3 nitrogen and oxygen atoms in total. The molecule has 2 N–H and O–H groups in total. The summed E-state index contributed by atoms with van der Waals surface area (Å²) in [6, 6.07) is 0.959. The largest absolute Gasteiger partial charge is 0.392 e. The standard InChI is InChI=1S/C14H28N2O/c1-12(16-9-5-2-6-10-16)11-15-13-7-3-4-8-14(13)17/h12-15,17H,2-11H2,1H3. The van der Waals surface area contributed by atoms with Gasteiger partial charge in [0.2, 0.25) is 0 Å². The molecule has 1 saturated carbocycles. The first-order valence-corrected chi connectivity index (χ1v) is 7.43. The van der Waals surface area contributed by atoms with Crippen molar-refractivity contribution in [1.82, 2.24) is 10.2 Å². The molecule has 1 aliphatic carbocycles. The third-order valence-electron chi connectivity index (χ3n) is 4.42. The van der Waals surface area contributed by atoms with E-state index in [4.69, 9.17) is 0 Å². The van der Waals surface area contributed by atoms with Crippen molar-refractivity contribution < 1.29 is 5.11 Å². The number of nitrogens with one attached hydrogen (secondary N) is 1. The fourth-order valence-corrected chi connectivity index (χ4v) is 3.16. The number of aliphatic hydroxyl groups is 1. The Hall–Kier alpha value is -0.120. The summed E-state index contributed by atoms with van der Waals surface area (Å²) in [4.78, 5) is 2.59. The minimum Gasteiger partial charge on any atom is -0.392 e. The van der Waals surface area contributed by atoms with Crippen molar-refractivity contribution in [1.29, 1.82) is 0 Å². The maximum Gasteiger partial charge on any atom is 0.0693 e. The minimum atomic E-state index is -0.114. The predicted molar refractivity (Wildman–Crippen MR) is 71.2 cm³/mol. The smallest absolute Gasteiger partial charge is 0.0693 e. The van der Waals surface area contributed by atoms with Gasteiger partial charge < -0.3 is 10.4 Å². The highest BCUT2D eigenvalue weighted by Crippen LogP contribution is 2.18. The fourth-order valence-electron chi connectivity index (χ4n) is 3.16. The molecule has 0 aromatic carbocycles. The Kier molecular flexibility index (Phi) is 5.26. The van der Waals surface area contributed by atoms with Crippen LogP contribution in [-0.2, 0) is 0 Å². The summed E-state index contributed by atoms with van der Waals surface area (Å²) in [5, 5.41) is 13.5. The molecular formula is C14H28N2O. The summed E-state index contributed by atoms with van der Waals surface area (Å²) in [7, 11) is 0. The third kappa shape index (κ3) is 3.94. The average Bonchev–Trinajstić information content (AvgIpc) is 2.38. The molecule has 1 saturated heterocycles. The first-order chi connectivity index (χ1) is 8.27. The second-order valence-corrected chi connectivity index (χ2v) is 5.81. The van der Waals surface area contributed by atoms with Crippen LogP contribution in [-0.4, -0.2) is 47.8 Å². The second kappa shape index (κ2) is 6.72. The summed E-state index contributed by atoms with van der Waals surface area (Å²) in [6.07, 6.45) is 8.60. The Morgan fingerprint density at radius 3 is 2.53 bits per heavy atom. The first kappa shape index (κ1) is 13.3. The quantitative estimate of drug-likeness (QED) is 0.786. The number of hydrogen-bond acceptors (Lipinski definition) is 3. The van der Waals surface area contributed by atoms with Gasteiger partial charge in [0.15, 0.2) is 0 Å². The first-order valence-electron chi connectivity index (χ1n) is 7.43. The Bertz CT molecular complexity index is 216. The average molecular weight is 240 g/mol. The van der Waals surface area contributed by atoms with E-state index in [0.29, 0.717) is 12.1 Å². The van der Waals surface area contributed by atoms with E-state index >= 15 is 0 Å². The van der Waals surface area contributed by atoms with Crippen molar-refractivity contribution in [3.05, 3.63) is 0 Å². The summed E-state index contributed by atoms with van der Waals surface area (Å²) in [5.74, 6) is 0. The van der Waals surface area contributed by atoms with Crippen LogP contribution in [0.5, 0.6) is 0 Å². The molecule has 17 heavy (non-hydrogen) atoms. The van der Waals surface area contributed by atoms with Crippen molar-refractivity contribution >= 4 is 0 Å². The van der Waals surface area contributed by atoms with Gasteiger partial charge in [-0.05, 0) is 45.7 Å². The molecule has 100 valence electrons. The zero-order valence-electron chi connectivity index (χ0n) is 11.2. The van der Waals surface area contributed by atoms with Gasteiger partial charge in [-0.25, -0.2) is 0 Å². The highest BCUT2D eigenvalue weighted by molar-refractivity contribution is 4.82. The highest BCUT2D eigenvalue weighted by atomic mass is 16.3. The fraction of sp³-hybridized carbons (Fsp3) is 1.00.